The number of carboxylic acids is 1. The van der Waals surface area contributed by atoms with Gasteiger partial charge >= 0.3 is 12.1 Å². The summed E-state index contributed by atoms with van der Waals surface area (Å²) in [4.78, 5) is 19.8. The molecule has 1 aliphatic rings. The number of carboxylic acid groups (broad SMARTS) is 1. The number of hydrogen-bond acceptors (Lipinski definition) is 5. The van der Waals surface area contributed by atoms with Gasteiger partial charge in [0.2, 0.25) is 5.95 Å². The molecule has 0 saturated carbocycles. The molecule has 1 aromatic carbocycles. The van der Waals surface area contributed by atoms with Crippen LogP contribution in [0.15, 0.2) is 18.2 Å². The Balaban J connectivity index is 1.95. The first-order chi connectivity index (χ1) is 13.0. The Bertz CT molecular complexity index is 896. The fourth-order valence-electron chi connectivity index (χ4n) is 2.73. The summed E-state index contributed by atoms with van der Waals surface area (Å²) in [5, 5.41) is 11.1. The summed E-state index contributed by atoms with van der Waals surface area (Å²) in [6, 6.07) is 2.20. The van der Waals surface area contributed by atoms with Crippen LogP contribution in [0, 0.1) is 11.6 Å². The molecule has 1 aromatic heterocycles. The smallest absolute Gasteiger partial charge is 0.433 e. The topological polar surface area (TPSA) is 78.4 Å². The second-order valence-electron chi connectivity index (χ2n) is 6.38. The highest BCUT2D eigenvalue weighted by molar-refractivity contribution is 5.71. The normalized spacial score (nSPS) is 16.6. The monoisotopic (exact) mass is 402 g/mol. The Morgan fingerprint density at radius 2 is 1.89 bits per heavy atom. The van der Waals surface area contributed by atoms with Gasteiger partial charge in [0.25, 0.3) is 0 Å². The van der Waals surface area contributed by atoms with Crippen molar-refractivity contribution in [1.82, 2.24) is 9.97 Å². The van der Waals surface area contributed by atoms with E-state index in [1.165, 1.54) is 0 Å². The van der Waals surface area contributed by atoms with Gasteiger partial charge in [-0.2, -0.15) is 18.2 Å². The van der Waals surface area contributed by atoms with E-state index in [0.717, 1.165) is 18.6 Å². The predicted molar refractivity (Wildman–Crippen MR) is 89.4 cm³/mol. The molecule has 0 amide bonds. The minimum Gasteiger partial charge on any atom is -0.481 e. The van der Waals surface area contributed by atoms with Crippen molar-refractivity contribution in [3.8, 4) is 0 Å². The Hall–Kier alpha value is -2.98. The van der Waals surface area contributed by atoms with Gasteiger partial charge in [0.15, 0.2) is 5.69 Å². The van der Waals surface area contributed by atoms with Crippen LogP contribution < -0.4 is 10.2 Å². The van der Waals surface area contributed by atoms with Crippen molar-refractivity contribution < 1.29 is 31.9 Å². The summed E-state index contributed by atoms with van der Waals surface area (Å²) >= 11 is 0. The van der Waals surface area contributed by atoms with Crippen LogP contribution >= 0.6 is 0 Å². The van der Waals surface area contributed by atoms with E-state index in [1.807, 2.05) is 6.92 Å². The van der Waals surface area contributed by atoms with Crippen LogP contribution in [0.4, 0.5) is 39.4 Å². The van der Waals surface area contributed by atoms with Crippen LogP contribution in [0.1, 0.15) is 24.6 Å². The number of carbonyl (C=O) groups is 1. The third-order valence-corrected chi connectivity index (χ3v) is 4.32. The summed E-state index contributed by atoms with van der Waals surface area (Å²) in [5.41, 5.74) is -2.05. The van der Waals surface area contributed by atoms with Crippen molar-refractivity contribution in [1.29, 1.82) is 0 Å². The van der Waals surface area contributed by atoms with Crippen LogP contribution in [-0.2, 0) is 17.4 Å². The second kappa shape index (κ2) is 7.21. The molecule has 2 aromatic rings. The molecule has 2 heterocycles. The van der Waals surface area contributed by atoms with E-state index < -0.39 is 41.5 Å². The SMILES string of the molecule is C[C@H]1CCN1c1nc(Nc2cc(F)c(CC(=O)O)c(F)c2)cc(C(F)(F)F)n1. The molecule has 150 valence electrons. The quantitative estimate of drug-likeness (QED) is 0.742. The number of hydrogen-bond donors (Lipinski definition) is 2. The van der Waals surface area contributed by atoms with E-state index in [0.29, 0.717) is 12.6 Å². The standard InChI is InChI=1S/C17H15F5N4O2/c1-8-2-3-26(8)16-24-13(17(20,21)22)7-14(25-16)23-9-4-11(18)10(6-15(27)28)12(19)5-9/h4-5,7-8H,2-3,6H2,1H3,(H,27,28)(H,23,24,25)/t8-/m0/s1. The van der Waals surface area contributed by atoms with Crippen molar-refractivity contribution in [2.45, 2.75) is 32.0 Å². The third-order valence-electron chi connectivity index (χ3n) is 4.32. The average Bonchev–Trinajstić information content (AvgIpc) is 2.55. The van der Waals surface area contributed by atoms with Gasteiger partial charge in [0.05, 0.1) is 6.42 Å². The van der Waals surface area contributed by atoms with Crippen LogP contribution in [0.25, 0.3) is 0 Å². The molecular formula is C17H15F5N4O2. The summed E-state index contributed by atoms with van der Waals surface area (Å²) in [7, 11) is 0. The lowest BCUT2D eigenvalue weighted by Gasteiger charge is -2.38. The first-order valence-electron chi connectivity index (χ1n) is 8.24. The van der Waals surface area contributed by atoms with Crippen molar-refractivity contribution >= 4 is 23.4 Å². The van der Waals surface area contributed by atoms with Gasteiger partial charge in [-0.3, -0.25) is 4.79 Å². The number of nitrogens with zero attached hydrogens (tertiary/aromatic N) is 3. The molecule has 3 rings (SSSR count). The first kappa shape index (κ1) is 19.8. The predicted octanol–water partition coefficient (Wildman–Crippen LogP) is 3.74. The highest BCUT2D eigenvalue weighted by Gasteiger charge is 2.36. The number of halogens is 5. The molecule has 1 fully saturated rings. The van der Waals surface area contributed by atoms with E-state index in [1.54, 1.807) is 4.90 Å². The fourth-order valence-corrected chi connectivity index (χ4v) is 2.73. The fraction of sp³-hybridized carbons (Fsp3) is 0.353. The lowest BCUT2D eigenvalue weighted by atomic mass is 10.1. The zero-order valence-corrected chi connectivity index (χ0v) is 14.5. The van der Waals surface area contributed by atoms with Crippen molar-refractivity contribution in [3.63, 3.8) is 0 Å². The maximum atomic E-state index is 14.0. The Labute approximate surface area is 156 Å². The highest BCUT2D eigenvalue weighted by atomic mass is 19.4. The number of aliphatic carboxylic acids is 1. The van der Waals surface area contributed by atoms with Crippen LogP contribution in [0.5, 0.6) is 0 Å². The van der Waals surface area contributed by atoms with E-state index in [4.69, 9.17) is 5.11 Å². The summed E-state index contributed by atoms with van der Waals surface area (Å²) in [6.45, 7) is 2.31. The van der Waals surface area contributed by atoms with E-state index in [2.05, 4.69) is 15.3 Å². The second-order valence-corrected chi connectivity index (χ2v) is 6.38. The molecule has 0 spiro atoms. The van der Waals surface area contributed by atoms with E-state index in [-0.39, 0.29) is 23.5 Å². The van der Waals surface area contributed by atoms with Gasteiger partial charge in [-0.15, -0.1) is 0 Å². The molecule has 0 radical (unpaired) electrons. The van der Waals surface area contributed by atoms with Gasteiger partial charge < -0.3 is 15.3 Å². The maximum Gasteiger partial charge on any atom is 0.433 e. The minimum atomic E-state index is -4.73. The molecule has 1 saturated heterocycles. The zero-order valence-electron chi connectivity index (χ0n) is 14.5. The van der Waals surface area contributed by atoms with Gasteiger partial charge in [0.1, 0.15) is 17.5 Å². The Kier molecular flexibility index (Phi) is 5.09. The van der Waals surface area contributed by atoms with Crippen molar-refractivity contribution in [2.75, 3.05) is 16.8 Å². The minimum absolute atomic E-state index is 0.0264. The summed E-state index contributed by atoms with van der Waals surface area (Å²) in [6.07, 6.45) is -4.81. The van der Waals surface area contributed by atoms with Crippen LogP contribution in [0.3, 0.4) is 0 Å². The third kappa shape index (κ3) is 4.12. The van der Waals surface area contributed by atoms with Gasteiger partial charge in [0, 0.05) is 29.9 Å². The molecule has 11 heteroatoms. The molecular weight excluding hydrogens is 387 g/mol. The zero-order chi connectivity index (χ0) is 20.6. The number of alkyl halides is 3. The molecule has 0 unspecified atom stereocenters. The van der Waals surface area contributed by atoms with Gasteiger partial charge in [-0.05, 0) is 25.5 Å². The highest BCUT2D eigenvalue weighted by Crippen LogP contribution is 2.33. The number of nitrogens with one attached hydrogen (secondary N) is 1. The largest absolute Gasteiger partial charge is 0.481 e. The van der Waals surface area contributed by atoms with Crippen LogP contribution in [-0.4, -0.2) is 33.6 Å². The maximum absolute atomic E-state index is 14.0. The number of rotatable bonds is 5. The molecule has 28 heavy (non-hydrogen) atoms. The molecule has 1 atom stereocenters. The molecule has 6 nitrogen and oxygen atoms in total. The lowest BCUT2D eigenvalue weighted by molar-refractivity contribution is -0.141. The average molecular weight is 402 g/mol. The Morgan fingerprint density at radius 3 is 2.36 bits per heavy atom. The number of aromatic nitrogens is 2. The number of benzene rings is 1. The summed E-state index contributed by atoms with van der Waals surface area (Å²) in [5.74, 6) is -4.11. The van der Waals surface area contributed by atoms with E-state index >= 15 is 0 Å². The van der Waals surface area contributed by atoms with Crippen molar-refractivity contribution in [3.05, 3.63) is 41.1 Å². The first-order valence-corrected chi connectivity index (χ1v) is 8.24. The van der Waals surface area contributed by atoms with Crippen LogP contribution in [0.2, 0.25) is 0 Å². The van der Waals surface area contributed by atoms with Gasteiger partial charge in [-0.1, -0.05) is 0 Å². The van der Waals surface area contributed by atoms with E-state index in [9.17, 15) is 26.7 Å². The molecule has 0 aliphatic carbocycles. The van der Waals surface area contributed by atoms with Gasteiger partial charge in [-0.25, -0.2) is 13.8 Å². The summed E-state index contributed by atoms with van der Waals surface area (Å²) < 4.78 is 67.5. The van der Waals surface area contributed by atoms with Crippen molar-refractivity contribution in [2.24, 2.45) is 0 Å². The molecule has 2 N–H and O–H groups in total. The Morgan fingerprint density at radius 1 is 1.25 bits per heavy atom. The molecule has 0 bridgehead atoms. The lowest BCUT2D eigenvalue weighted by Crippen LogP contribution is -2.46. The number of anilines is 3. The molecule has 1 aliphatic heterocycles.